The fraction of sp³-hybridized carbons (Fsp3) is 0.167. The lowest BCUT2D eigenvalue weighted by Crippen LogP contribution is -2.40. The molecule has 6 nitrogen and oxygen atoms in total. The minimum atomic E-state index is -5.98. The highest BCUT2D eigenvalue weighted by atomic mass is 32.2. The van der Waals surface area contributed by atoms with E-state index in [-0.39, 0.29) is 29.4 Å². The molecule has 0 aromatic heterocycles. The van der Waals surface area contributed by atoms with Gasteiger partial charge in [-0.3, -0.25) is 4.79 Å². The summed E-state index contributed by atoms with van der Waals surface area (Å²) in [7, 11) is -5.98. The monoisotopic (exact) mass is 585 g/mol. The molecule has 1 aliphatic heterocycles. The molecule has 4 aromatic carbocycles. The SMILES string of the molecule is O=C(NS(=O)(=O)C(F)(F)F)c1ccc(F)cc1-c1ccc2c(c1)OCC(Cc1ccc(-c3ccccc3)cc1)C2O. The highest BCUT2D eigenvalue weighted by Crippen LogP contribution is 2.40. The van der Waals surface area contributed by atoms with Crippen molar-refractivity contribution in [3.8, 4) is 28.0 Å². The van der Waals surface area contributed by atoms with E-state index < -0.39 is 38.9 Å². The maximum absolute atomic E-state index is 14.1. The smallest absolute Gasteiger partial charge is 0.493 e. The van der Waals surface area contributed by atoms with Crippen LogP contribution in [0.4, 0.5) is 17.6 Å². The zero-order valence-corrected chi connectivity index (χ0v) is 22.0. The summed E-state index contributed by atoms with van der Waals surface area (Å²) < 4.78 is 82.2. The van der Waals surface area contributed by atoms with Crippen LogP contribution in [-0.2, 0) is 16.4 Å². The number of carbonyl (C=O) groups excluding carboxylic acids is 1. The summed E-state index contributed by atoms with van der Waals surface area (Å²) in [5.41, 5.74) is -2.57. The molecule has 0 aliphatic carbocycles. The third kappa shape index (κ3) is 5.96. The van der Waals surface area contributed by atoms with Gasteiger partial charge in [0, 0.05) is 17.0 Å². The fourth-order valence-corrected chi connectivity index (χ4v) is 5.21. The van der Waals surface area contributed by atoms with Crippen molar-refractivity contribution in [3.63, 3.8) is 0 Å². The van der Waals surface area contributed by atoms with Crippen molar-refractivity contribution >= 4 is 15.9 Å². The molecule has 4 aromatic rings. The number of hydrogen-bond donors (Lipinski definition) is 2. The topological polar surface area (TPSA) is 92.7 Å². The zero-order chi connectivity index (χ0) is 29.4. The molecule has 5 rings (SSSR count). The van der Waals surface area contributed by atoms with E-state index in [2.05, 4.69) is 0 Å². The normalized spacial score (nSPS) is 16.9. The molecule has 1 amide bonds. The number of rotatable bonds is 6. The molecular weight excluding hydrogens is 562 g/mol. The fourth-order valence-electron chi connectivity index (χ4n) is 4.74. The molecule has 2 N–H and O–H groups in total. The number of nitrogens with one attached hydrogen (secondary N) is 1. The molecule has 2 unspecified atom stereocenters. The first-order valence-electron chi connectivity index (χ1n) is 12.5. The van der Waals surface area contributed by atoms with Gasteiger partial charge in [-0.15, -0.1) is 0 Å². The van der Waals surface area contributed by atoms with Gasteiger partial charge < -0.3 is 9.84 Å². The second-order valence-corrected chi connectivity index (χ2v) is 11.3. The number of sulfonamides is 1. The van der Waals surface area contributed by atoms with Gasteiger partial charge in [0.05, 0.1) is 12.7 Å². The lowest BCUT2D eigenvalue weighted by Gasteiger charge is -2.31. The minimum Gasteiger partial charge on any atom is -0.493 e. The summed E-state index contributed by atoms with van der Waals surface area (Å²) in [6, 6.07) is 24.9. The number of aliphatic hydroxyl groups is 1. The number of halogens is 4. The molecule has 0 spiro atoms. The van der Waals surface area contributed by atoms with Gasteiger partial charge in [0.25, 0.3) is 5.91 Å². The summed E-state index contributed by atoms with van der Waals surface area (Å²) >= 11 is 0. The van der Waals surface area contributed by atoms with E-state index in [0.717, 1.165) is 39.6 Å². The average Bonchev–Trinajstić information content (AvgIpc) is 2.94. The van der Waals surface area contributed by atoms with Crippen LogP contribution >= 0.6 is 0 Å². The van der Waals surface area contributed by atoms with Gasteiger partial charge in [-0.1, -0.05) is 66.7 Å². The first kappa shape index (κ1) is 28.3. The highest BCUT2D eigenvalue weighted by molar-refractivity contribution is 7.90. The molecule has 0 saturated heterocycles. The third-order valence-corrected chi connectivity index (χ3v) is 7.92. The number of hydrogen-bond acceptors (Lipinski definition) is 5. The Morgan fingerprint density at radius 3 is 2.24 bits per heavy atom. The number of aliphatic hydroxyl groups excluding tert-OH is 1. The quantitative estimate of drug-likeness (QED) is 0.270. The minimum absolute atomic E-state index is 0.151. The van der Waals surface area contributed by atoms with Crippen molar-refractivity contribution in [2.75, 3.05) is 6.61 Å². The number of carbonyl (C=O) groups is 1. The van der Waals surface area contributed by atoms with E-state index in [9.17, 15) is 35.9 Å². The van der Waals surface area contributed by atoms with Gasteiger partial charge in [0.1, 0.15) is 11.6 Å². The maximum Gasteiger partial charge on any atom is 0.516 e. The summed E-state index contributed by atoms with van der Waals surface area (Å²) in [4.78, 5) is 12.5. The van der Waals surface area contributed by atoms with Crippen LogP contribution in [0.3, 0.4) is 0 Å². The molecule has 41 heavy (non-hydrogen) atoms. The van der Waals surface area contributed by atoms with Crippen LogP contribution in [0.25, 0.3) is 22.3 Å². The van der Waals surface area contributed by atoms with Crippen LogP contribution in [0.1, 0.15) is 27.6 Å². The largest absolute Gasteiger partial charge is 0.516 e. The Bertz CT molecular complexity index is 1690. The van der Waals surface area contributed by atoms with E-state index in [0.29, 0.717) is 12.0 Å². The highest BCUT2D eigenvalue weighted by Gasteiger charge is 2.47. The first-order chi connectivity index (χ1) is 19.4. The van der Waals surface area contributed by atoms with E-state index >= 15 is 0 Å². The number of fused-ring (bicyclic) bond motifs is 1. The summed E-state index contributed by atoms with van der Waals surface area (Å²) in [5.74, 6) is -2.40. The van der Waals surface area contributed by atoms with Crippen molar-refractivity contribution in [1.82, 2.24) is 4.72 Å². The Kier molecular flexibility index (Phi) is 7.58. The Hall–Kier alpha value is -4.22. The molecule has 2 atom stereocenters. The van der Waals surface area contributed by atoms with Crippen molar-refractivity contribution in [2.24, 2.45) is 5.92 Å². The van der Waals surface area contributed by atoms with Crippen LogP contribution < -0.4 is 9.46 Å². The van der Waals surface area contributed by atoms with Crippen LogP contribution in [-0.4, -0.2) is 31.5 Å². The number of ether oxygens (including phenoxy) is 1. The van der Waals surface area contributed by atoms with Gasteiger partial charge in [0.15, 0.2) is 0 Å². The summed E-state index contributed by atoms with van der Waals surface area (Å²) in [6.07, 6.45) is -0.381. The summed E-state index contributed by atoms with van der Waals surface area (Å²) in [6.45, 7) is 0.151. The molecule has 0 fully saturated rings. The Morgan fingerprint density at radius 1 is 0.902 bits per heavy atom. The van der Waals surface area contributed by atoms with Crippen molar-refractivity contribution in [2.45, 2.75) is 18.0 Å². The molecule has 0 bridgehead atoms. The van der Waals surface area contributed by atoms with Crippen molar-refractivity contribution in [1.29, 1.82) is 0 Å². The number of alkyl halides is 3. The Morgan fingerprint density at radius 2 is 1.56 bits per heavy atom. The second kappa shape index (κ2) is 11.0. The molecule has 1 heterocycles. The number of benzene rings is 4. The van der Waals surface area contributed by atoms with Gasteiger partial charge in [0.2, 0.25) is 0 Å². The standard InChI is InChI=1S/C30H23F4NO5S/c31-23-11-13-24(29(37)35-41(38,39)30(32,33)34)26(16-23)21-10-12-25-27(15-21)40-17-22(28(25)36)14-18-6-8-20(9-7-18)19-4-2-1-3-5-19/h1-13,15-16,22,28,36H,14,17H2,(H,35,37). The zero-order valence-electron chi connectivity index (χ0n) is 21.2. The molecule has 0 radical (unpaired) electrons. The van der Waals surface area contributed by atoms with Crippen LogP contribution in [0.2, 0.25) is 0 Å². The molecule has 1 aliphatic rings. The van der Waals surface area contributed by atoms with Crippen molar-refractivity contribution < 1.29 is 40.6 Å². The van der Waals surface area contributed by atoms with Gasteiger partial charge in [-0.25, -0.2) is 9.11 Å². The van der Waals surface area contributed by atoms with Crippen LogP contribution in [0.15, 0.2) is 91.0 Å². The molecular formula is C30H23F4NO5S. The summed E-state index contributed by atoms with van der Waals surface area (Å²) in [5, 5.41) is 11.1. The van der Waals surface area contributed by atoms with E-state index in [1.165, 1.54) is 18.2 Å². The van der Waals surface area contributed by atoms with Gasteiger partial charge in [-0.2, -0.15) is 21.6 Å². The lowest BCUT2D eigenvalue weighted by molar-refractivity contribution is -0.0446. The van der Waals surface area contributed by atoms with E-state index in [4.69, 9.17) is 4.74 Å². The van der Waals surface area contributed by atoms with Gasteiger partial charge in [-0.05, 0) is 58.5 Å². The lowest BCUT2D eigenvalue weighted by atomic mass is 9.86. The maximum atomic E-state index is 14.1. The Balaban J connectivity index is 1.36. The third-order valence-electron chi connectivity index (χ3n) is 6.86. The molecule has 11 heteroatoms. The number of amides is 1. The van der Waals surface area contributed by atoms with Crippen LogP contribution in [0, 0.1) is 11.7 Å². The van der Waals surface area contributed by atoms with Crippen molar-refractivity contribution in [3.05, 3.63) is 114 Å². The predicted octanol–water partition coefficient (Wildman–Crippen LogP) is 6.02. The molecule has 212 valence electrons. The second-order valence-electron chi connectivity index (χ2n) is 9.61. The van der Waals surface area contributed by atoms with Gasteiger partial charge >= 0.3 is 15.5 Å². The first-order valence-corrected chi connectivity index (χ1v) is 13.9. The van der Waals surface area contributed by atoms with E-state index in [1.807, 2.05) is 54.6 Å². The predicted molar refractivity (Wildman–Crippen MR) is 144 cm³/mol. The van der Waals surface area contributed by atoms with E-state index in [1.54, 1.807) is 0 Å². The Labute approximate surface area is 233 Å². The average molecular weight is 586 g/mol. The van der Waals surface area contributed by atoms with Crippen LogP contribution in [0.5, 0.6) is 5.75 Å². The molecule has 0 saturated carbocycles.